The molecule has 0 aliphatic heterocycles. The molecule has 0 rings (SSSR count). The van der Waals surface area contributed by atoms with Gasteiger partial charge in [0.1, 0.15) is 6.04 Å². The molecule has 0 aromatic heterocycles. The molecule has 0 saturated carbocycles. The van der Waals surface area contributed by atoms with Crippen molar-refractivity contribution >= 4 is 22.0 Å². The molecule has 10 nitrogen and oxygen atoms in total. The van der Waals surface area contributed by atoms with Crippen LogP contribution in [0.15, 0.2) is 5.11 Å². The van der Waals surface area contributed by atoms with E-state index in [1.54, 1.807) is 0 Å². The minimum Gasteiger partial charge on any atom is -0.469 e. The van der Waals surface area contributed by atoms with Crippen LogP contribution in [0.1, 0.15) is 0 Å². The zero-order chi connectivity index (χ0) is 14.3. The van der Waals surface area contributed by atoms with Gasteiger partial charge in [-0.3, -0.25) is 9.59 Å². The molecule has 0 saturated heterocycles. The maximum atomic E-state index is 11.4. The molecule has 0 spiro atoms. The van der Waals surface area contributed by atoms with Crippen molar-refractivity contribution in [3.63, 3.8) is 0 Å². The van der Waals surface area contributed by atoms with E-state index in [1.165, 1.54) is 0 Å². The van der Waals surface area contributed by atoms with Crippen LogP contribution in [-0.4, -0.2) is 52.9 Å². The van der Waals surface area contributed by atoms with Gasteiger partial charge in [0.25, 0.3) is 0 Å². The summed E-state index contributed by atoms with van der Waals surface area (Å²) in [6.45, 7) is 0. The van der Waals surface area contributed by atoms with Crippen LogP contribution in [-0.2, 0) is 29.1 Å². The summed E-state index contributed by atoms with van der Waals surface area (Å²) < 4.78 is 32.6. The smallest absolute Gasteiger partial charge is 0.324 e. The Morgan fingerprint density at radius 2 is 1.78 bits per heavy atom. The Labute approximate surface area is 103 Å². The van der Waals surface area contributed by atoms with Crippen LogP contribution in [0.5, 0.6) is 0 Å². The first-order valence-electron chi connectivity index (χ1n) is 4.44. The molecule has 0 fully saturated rings. The summed E-state index contributed by atoms with van der Waals surface area (Å²) in [4.78, 5) is 25.1. The lowest BCUT2D eigenvalue weighted by atomic mass is 10.1. The van der Waals surface area contributed by atoms with Gasteiger partial charge in [0.05, 0.1) is 20.5 Å². The number of esters is 2. The highest BCUT2D eigenvalue weighted by atomic mass is 32.2. The van der Waals surface area contributed by atoms with Crippen molar-refractivity contribution in [3.05, 3.63) is 10.4 Å². The van der Waals surface area contributed by atoms with E-state index in [1.807, 2.05) is 4.72 Å². The van der Waals surface area contributed by atoms with E-state index in [9.17, 15) is 18.0 Å². The number of hydrogen-bond acceptors (Lipinski definition) is 7. The van der Waals surface area contributed by atoms with E-state index in [0.717, 1.165) is 20.5 Å². The number of azide groups is 1. The summed E-state index contributed by atoms with van der Waals surface area (Å²) in [5.74, 6) is -2.15. The average Bonchev–Trinajstić information content (AvgIpc) is 2.30. The lowest BCUT2D eigenvalue weighted by Gasteiger charge is -2.19. The molecule has 18 heavy (non-hydrogen) atoms. The predicted octanol–water partition coefficient (Wildman–Crippen LogP) is -1.07. The van der Waals surface area contributed by atoms with E-state index >= 15 is 0 Å². The van der Waals surface area contributed by atoms with Crippen molar-refractivity contribution < 1.29 is 27.5 Å². The van der Waals surface area contributed by atoms with Gasteiger partial charge < -0.3 is 9.47 Å². The fourth-order valence-corrected chi connectivity index (χ4v) is 1.71. The molecule has 0 radical (unpaired) electrons. The number of carbonyl (C=O) groups is 2. The average molecular weight is 280 g/mol. The maximum absolute atomic E-state index is 11.4. The number of rotatable bonds is 6. The SMILES string of the molecule is COC(=O)[C@@H](N=[N+]=[N-])[C@H](NS(C)(=O)=O)C(=O)OC. The lowest BCUT2D eigenvalue weighted by Crippen LogP contribution is -2.51. The van der Waals surface area contributed by atoms with Crippen molar-refractivity contribution in [1.82, 2.24) is 4.72 Å². The largest absolute Gasteiger partial charge is 0.469 e. The molecule has 0 unspecified atom stereocenters. The van der Waals surface area contributed by atoms with Crippen LogP contribution in [0.3, 0.4) is 0 Å². The predicted molar refractivity (Wildman–Crippen MR) is 58.7 cm³/mol. The molecule has 11 heteroatoms. The molecule has 0 aromatic rings. The van der Waals surface area contributed by atoms with E-state index in [0.29, 0.717) is 0 Å². The third kappa shape index (κ3) is 4.99. The summed E-state index contributed by atoms with van der Waals surface area (Å²) in [5, 5.41) is 3.03. The van der Waals surface area contributed by atoms with Crippen molar-refractivity contribution in [2.24, 2.45) is 5.11 Å². The molecule has 0 aromatic carbocycles. The quantitative estimate of drug-likeness (QED) is 0.283. The normalized spacial score (nSPS) is 13.9. The van der Waals surface area contributed by atoms with E-state index in [-0.39, 0.29) is 0 Å². The minimum atomic E-state index is -3.83. The topological polar surface area (TPSA) is 148 Å². The minimum absolute atomic E-state index is 0.771. The fraction of sp³-hybridized carbons (Fsp3) is 0.714. The lowest BCUT2D eigenvalue weighted by molar-refractivity contribution is -0.150. The van der Waals surface area contributed by atoms with E-state index in [2.05, 4.69) is 19.5 Å². The number of nitrogens with one attached hydrogen (secondary N) is 1. The van der Waals surface area contributed by atoms with Gasteiger partial charge in [0.15, 0.2) is 6.04 Å². The Hall–Kier alpha value is -1.84. The molecule has 0 bridgehead atoms. The van der Waals surface area contributed by atoms with Gasteiger partial charge >= 0.3 is 11.9 Å². The van der Waals surface area contributed by atoms with Crippen LogP contribution in [0.25, 0.3) is 10.4 Å². The second-order valence-electron chi connectivity index (χ2n) is 3.06. The number of sulfonamides is 1. The number of methoxy groups -OCH3 is 2. The second-order valence-corrected chi connectivity index (χ2v) is 4.84. The molecule has 0 aliphatic carbocycles. The number of ether oxygens (including phenoxy) is 2. The second kappa shape index (κ2) is 6.79. The molecule has 2 atom stereocenters. The van der Waals surface area contributed by atoms with Gasteiger partial charge in [-0.2, -0.15) is 0 Å². The fourth-order valence-electron chi connectivity index (χ4n) is 1.03. The Kier molecular flexibility index (Phi) is 6.09. The van der Waals surface area contributed by atoms with Crippen LogP contribution in [0, 0.1) is 0 Å². The Morgan fingerprint density at radius 1 is 1.28 bits per heavy atom. The van der Waals surface area contributed by atoms with Crippen molar-refractivity contribution in [3.8, 4) is 0 Å². The highest BCUT2D eigenvalue weighted by molar-refractivity contribution is 7.88. The highest BCUT2D eigenvalue weighted by Crippen LogP contribution is 2.06. The van der Waals surface area contributed by atoms with E-state index < -0.39 is 34.0 Å². The van der Waals surface area contributed by atoms with Crippen molar-refractivity contribution in [2.75, 3.05) is 20.5 Å². The highest BCUT2D eigenvalue weighted by Gasteiger charge is 2.36. The Balaban J connectivity index is 5.43. The molecule has 102 valence electrons. The number of nitrogens with zero attached hydrogens (tertiary/aromatic N) is 3. The van der Waals surface area contributed by atoms with Crippen LogP contribution < -0.4 is 4.72 Å². The first-order chi connectivity index (χ1) is 8.26. The zero-order valence-electron chi connectivity index (χ0n) is 9.85. The monoisotopic (exact) mass is 280 g/mol. The first kappa shape index (κ1) is 16.2. The molecule has 0 heterocycles. The number of carbonyl (C=O) groups excluding carboxylic acids is 2. The van der Waals surface area contributed by atoms with Crippen LogP contribution in [0.4, 0.5) is 0 Å². The van der Waals surface area contributed by atoms with Gasteiger partial charge in [0.2, 0.25) is 10.0 Å². The summed E-state index contributed by atoms with van der Waals surface area (Å²) in [7, 11) is -1.84. The Morgan fingerprint density at radius 3 is 2.11 bits per heavy atom. The zero-order valence-corrected chi connectivity index (χ0v) is 10.7. The summed E-state index contributed by atoms with van der Waals surface area (Å²) in [6.07, 6.45) is 0.771. The van der Waals surface area contributed by atoms with Gasteiger partial charge in [-0.1, -0.05) is 5.11 Å². The molecule has 0 amide bonds. The molecular weight excluding hydrogens is 268 g/mol. The summed E-state index contributed by atoms with van der Waals surface area (Å²) in [5.41, 5.74) is 8.30. The summed E-state index contributed by atoms with van der Waals surface area (Å²) in [6, 6.07) is -3.38. The van der Waals surface area contributed by atoms with Crippen LogP contribution >= 0.6 is 0 Å². The van der Waals surface area contributed by atoms with Gasteiger partial charge in [-0.25, -0.2) is 13.1 Å². The van der Waals surface area contributed by atoms with Gasteiger partial charge in [0, 0.05) is 4.91 Å². The molecule has 0 aliphatic rings. The standard InChI is InChI=1S/C7H12N4O6S/c1-16-6(12)4(9-11-8)5(7(13)17-2)10-18(3,14)15/h4-5,10H,1-3H3/t4-,5-/m0/s1. The first-order valence-corrected chi connectivity index (χ1v) is 6.33. The molecular formula is C7H12N4O6S. The van der Waals surface area contributed by atoms with Gasteiger partial charge in [-0.05, 0) is 5.53 Å². The Bertz CT molecular complexity index is 468. The summed E-state index contributed by atoms with van der Waals surface area (Å²) >= 11 is 0. The van der Waals surface area contributed by atoms with Crippen LogP contribution in [0.2, 0.25) is 0 Å². The molecule has 1 N–H and O–H groups in total. The third-order valence-electron chi connectivity index (χ3n) is 1.73. The third-order valence-corrected chi connectivity index (χ3v) is 2.41. The van der Waals surface area contributed by atoms with E-state index in [4.69, 9.17) is 5.53 Å². The number of hydrogen-bond donors (Lipinski definition) is 1. The van der Waals surface area contributed by atoms with Crippen molar-refractivity contribution in [1.29, 1.82) is 0 Å². The van der Waals surface area contributed by atoms with Crippen molar-refractivity contribution in [2.45, 2.75) is 12.1 Å². The van der Waals surface area contributed by atoms with Gasteiger partial charge in [-0.15, -0.1) is 0 Å². The maximum Gasteiger partial charge on any atom is 0.324 e.